The number of hydrogen-bond acceptors (Lipinski definition) is 3. The number of halogens is 2. The Labute approximate surface area is 103 Å². The van der Waals surface area contributed by atoms with Crippen LogP contribution < -0.4 is 0 Å². The van der Waals surface area contributed by atoms with Crippen molar-refractivity contribution in [3.63, 3.8) is 0 Å². The van der Waals surface area contributed by atoms with Gasteiger partial charge in [-0.05, 0) is 36.1 Å². The van der Waals surface area contributed by atoms with Gasteiger partial charge in [0.15, 0.2) is 11.6 Å². The third-order valence-corrected chi connectivity index (χ3v) is 3.60. The van der Waals surface area contributed by atoms with Gasteiger partial charge in [-0.1, -0.05) is 0 Å². The molecular weight excluding hydrogens is 236 g/mol. The Kier molecular flexibility index (Phi) is 2.60. The van der Waals surface area contributed by atoms with E-state index in [1.807, 2.05) is 4.90 Å². The van der Waals surface area contributed by atoms with Crippen LogP contribution >= 0.6 is 0 Å². The Morgan fingerprint density at radius 1 is 1.22 bits per heavy atom. The van der Waals surface area contributed by atoms with Crippen molar-refractivity contribution in [1.29, 1.82) is 5.26 Å². The molecule has 0 saturated heterocycles. The second-order valence-corrected chi connectivity index (χ2v) is 4.66. The lowest BCUT2D eigenvalue weighted by atomic mass is 10.1. The second-order valence-electron chi connectivity index (χ2n) is 4.66. The summed E-state index contributed by atoms with van der Waals surface area (Å²) in [6.07, 6.45) is 2.92. The van der Waals surface area contributed by atoms with Crippen LogP contribution in [0, 0.1) is 23.0 Å². The molecule has 0 saturated carbocycles. The summed E-state index contributed by atoms with van der Waals surface area (Å²) in [7, 11) is 0. The molecule has 1 aromatic carbocycles. The molecule has 2 aliphatic rings. The average molecular weight is 247 g/mol. The van der Waals surface area contributed by atoms with Gasteiger partial charge in [-0.15, -0.1) is 0 Å². The number of aliphatic imine (C=N–C) groups is 1. The monoisotopic (exact) mass is 247 g/mol. The molecule has 3 nitrogen and oxygen atoms in total. The molecule has 1 aliphatic carbocycles. The molecule has 1 unspecified atom stereocenters. The first-order chi connectivity index (χ1) is 8.69. The summed E-state index contributed by atoms with van der Waals surface area (Å²) in [5.74, 6) is -1.60. The molecule has 1 heterocycles. The number of hydrogen-bond donors (Lipinski definition) is 0. The molecule has 1 atom stereocenters. The minimum atomic E-state index is -0.802. The van der Waals surface area contributed by atoms with Gasteiger partial charge in [0.25, 0.3) is 0 Å². The highest BCUT2D eigenvalue weighted by atomic mass is 19.2. The molecular formula is C13H11F2N3. The summed E-state index contributed by atoms with van der Waals surface area (Å²) in [4.78, 5) is 6.06. The maximum absolute atomic E-state index is 13.2. The zero-order valence-corrected chi connectivity index (χ0v) is 9.61. The number of rotatable bonds is 1. The number of fused-ring (bicyclic) bond motifs is 1. The number of nitrogens with zero attached hydrogens (tertiary/aromatic N) is 3. The van der Waals surface area contributed by atoms with Crippen molar-refractivity contribution >= 4 is 6.21 Å². The lowest BCUT2D eigenvalue weighted by Crippen LogP contribution is -2.40. The van der Waals surface area contributed by atoms with Gasteiger partial charge in [-0.3, -0.25) is 9.89 Å². The Morgan fingerprint density at radius 2 is 1.83 bits per heavy atom. The van der Waals surface area contributed by atoms with E-state index in [-0.39, 0.29) is 12.1 Å². The van der Waals surface area contributed by atoms with Crippen LogP contribution in [-0.4, -0.2) is 29.9 Å². The van der Waals surface area contributed by atoms with Gasteiger partial charge >= 0.3 is 0 Å². The molecule has 0 fully saturated rings. The Bertz CT molecular complexity index is 531. The van der Waals surface area contributed by atoms with Crippen molar-refractivity contribution in [2.24, 2.45) is 4.99 Å². The normalized spacial score (nSPS) is 23.3. The lowest BCUT2D eigenvalue weighted by Gasteiger charge is -2.24. The summed E-state index contributed by atoms with van der Waals surface area (Å²) in [6.45, 7) is 0.488. The molecule has 0 radical (unpaired) electrons. The van der Waals surface area contributed by atoms with Crippen LogP contribution in [-0.2, 0) is 12.8 Å². The predicted molar refractivity (Wildman–Crippen MR) is 62.2 cm³/mol. The average Bonchev–Trinajstić information content (AvgIpc) is 2.95. The minimum absolute atomic E-state index is 0.105. The van der Waals surface area contributed by atoms with Crippen LogP contribution in [0.3, 0.4) is 0 Å². The van der Waals surface area contributed by atoms with Crippen LogP contribution in [0.4, 0.5) is 8.78 Å². The van der Waals surface area contributed by atoms with Crippen molar-refractivity contribution in [3.05, 3.63) is 34.9 Å². The summed E-state index contributed by atoms with van der Waals surface area (Å²) in [6, 6.07) is 4.49. The van der Waals surface area contributed by atoms with Gasteiger partial charge < -0.3 is 0 Å². The number of benzene rings is 1. The van der Waals surface area contributed by atoms with E-state index < -0.39 is 11.6 Å². The fraction of sp³-hybridized carbons (Fsp3) is 0.385. The van der Waals surface area contributed by atoms with Gasteiger partial charge in [0.2, 0.25) is 0 Å². The van der Waals surface area contributed by atoms with E-state index in [1.165, 1.54) is 12.1 Å². The first-order valence-corrected chi connectivity index (χ1v) is 5.81. The van der Waals surface area contributed by atoms with Crippen molar-refractivity contribution in [1.82, 2.24) is 4.90 Å². The van der Waals surface area contributed by atoms with Crippen molar-refractivity contribution in [2.75, 3.05) is 6.67 Å². The third-order valence-electron chi connectivity index (χ3n) is 3.60. The van der Waals surface area contributed by atoms with Crippen LogP contribution in [0.15, 0.2) is 17.1 Å². The SMILES string of the molecule is N#CC1C=NCN1C1Cc2cc(F)c(F)cc2C1. The third kappa shape index (κ3) is 1.70. The quantitative estimate of drug-likeness (QED) is 0.757. The molecule has 0 N–H and O–H groups in total. The van der Waals surface area contributed by atoms with Crippen molar-refractivity contribution in [3.8, 4) is 6.07 Å². The molecule has 92 valence electrons. The maximum Gasteiger partial charge on any atom is 0.159 e. The van der Waals surface area contributed by atoms with E-state index in [9.17, 15) is 8.78 Å². The van der Waals surface area contributed by atoms with E-state index in [0.29, 0.717) is 19.5 Å². The van der Waals surface area contributed by atoms with Gasteiger partial charge in [-0.2, -0.15) is 5.26 Å². The smallest absolute Gasteiger partial charge is 0.159 e. The topological polar surface area (TPSA) is 39.4 Å². The highest BCUT2D eigenvalue weighted by molar-refractivity contribution is 5.70. The fourth-order valence-corrected chi connectivity index (χ4v) is 2.69. The zero-order chi connectivity index (χ0) is 12.7. The largest absolute Gasteiger partial charge is 0.279 e. The molecule has 0 bridgehead atoms. The van der Waals surface area contributed by atoms with E-state index in [1.54, 1.807) is 6.21 Å². The Hall–Kier alpha value is -1.80. The standard InChI is InChI=1S/C13H11F2N3/c14-12-3-8-1-10(2-9(8)4-13(12)15)18-7-17-6-11(18)5-16/h3-4,6,10-11H,1-2,7H2. The highest BCUT2D eigenvalue weighted by Crippen LogP contribution is 2.29. The molecule has 1 aliphatic heterocycles. The van der Waals surface area contributed by atoms with Crippen LogP contribution in [0.25, 0.3) is 0 Å². The van der Waals surface area contributed by atoms with Crippen LogP contribution in [0.2, 0.25) is 0 Å². The zero-order valence-electron chi connectivity index (χ0n) is 9.61. The Balaban J connectivity index is 1.83. The highest BCUT2D eigenvalue weighted by Gasteiger charge is 2.33. The Morgan fingerprint density at radius 3 is 2.39 bits per heavy atom. The van der Waals surface area contributed by atoms with Crippen molar-refractivity contribution < 1.29 is 8.78 Å². The van der Waals surface area contributed by atoms with E-state index in [0.717, 1.165) is 11.1 Å². The fourth-order valence-electron chi connectivity index (χ4n) is 2.69. The number of nitriles is 1. The van der Waals surface area contributed by atoms with E-state index >= 15 is 0 Å². The molecule has 0 aromatic heterocycles. The summed E-state index contributed by atoms with van der Waals surface area (Å²) in [5.41, 5.74) is 1.67. The minimum Gasteiger partial charge on any atom is -0.279 e. The molecule has 0 amide bonds. The summed E-state index contributed by atoms with van der Waals surface area (Å²) >= 11 is 0. The molecule has 3 rings (SSSR count). The van der Waals surface area contributed by atoms with Gasteiger partial charge in [-0.25, -0.2) is 8.78 Å². The van der Waals surface area contributed by atoms with Crippen LogP contribution in [0.5, 0.6) is 0 Å². The maximum atomic E-state index is 13.2. The first kappa shape index (κ1) is 11.3. The summed E-state index contributed by atoms with van der Waals surface area (Å²) in [5, 5.41) is 9.00. The van der Waals surface area contributed by atoms with Crippen molar-refractivity contribution in [2.45, 2.75) is 24.9 Å². The molecule has 1 aromatic rings. The van der Waals surface area contributed by atoms with E-state index in [2.05, 4.69) is 11.1 Å². The van der Waals surface area contributed by atoms with Gasteiger partial charge in [0.05, 0.1) is 12.7 Å². The molecule has 5 heteroatoms. The van der Waals surface area contributed by atoms with E-state index in [4.69, 9.17) is 5.26 Å². The summed E-state index contributed by atoms with van der Waals surface area (Å²) < 4.78 is 26.3. The lowest BCUT2D eigenvalue weighted by molar-refractivity contribution is 0.224. The molecule has 0 spiro atoms. The van der Waals surface area contributed by atoms with Gasteiger partial charge in [0, 0.05) is 12.3 Å². The second kappa shape index (κ2) is 4.14. The predicted octanol–water partition coefficient (Wildman–Crippen LogP) is 1.67. The first-order valence-electron chi connectivity index (χ1n) is 5.81. The van der Waals surface area contributed by atoms with Crippen LogP contribution in [0.1, 0.15) is 11.1 Å². The molecule has 18 heavy (non-hydrogen) atoms. The van der Waals surface area contributed by atoms with Gasteiger partial charge in [0.1, 0.15) is 6.04 Å².